The second kappa shape index (κ2) is 20.4. The summed E-state index contributed by atoms with van der Waals surface area (Å²) < 4.78 is 18.8. The molecule has 9 nitrogen and oxygen atoms in total. The van der Waals surface area contributed by atoms with Crippen LogP contribution >= 0.6 is 0 Å². The maximum atomic E-state index is 14.6. The van der Waals surface area contributed by atoms with Crippen molar-refractivity contribution in [3.05, 3.63) is 219 Å². The largest absolute Gasteiger partial charge is 0.424 e. The highest BCUT2D eigenvalue weighted by Gasteiger charge is 2.42. The van der Waals surface area contributed by atoms with Gasteiger partial charge in [0.2, 0.25) is 0 Å². The molecule has 0 aliphatic heterocycles. The summed E-state index contributed by atoms with van der Waals surface area (Å²) in [6.45, 7) is 0. The van der Waals surface area contributed by atoms with Crippen molar-refractivity contribution < 1.29 is 28.6 Å². The minimum Gasteiger partial charge on any atom is -0.424 e. The smallest absolute Gasteiger partial charge is 0.314 e. The van der Waals surface area contributed by atoms with Crippen LogP contribution in [0, 0.1) is 17.8 Å². The molecule has 0 atom stereocenters. The maximum absolute atomic E-state index is 14.6. The van der Waals surface area contributed by atoms with Crippen LogP contribution in [0.3, 0.4) is 0 Å². The van der Waals surface area contributed by atoms with Gasteiger partial charge in [-0.15, -0.1) is 0 Å². The minimum atomic E-state index is -0.898. The van der Waals surface area contributed by atoms with Crippen molar-refractivity contribution in [2.45, 2.75) is 19.3 Å². The third-order valence-corrected chi connectivity index (χ3v) is 12.4. The predicted octanol–water partition coefficient (Wildman–Crippen LogP) is 13.0. The molecule has 69 heavy (non-hydrogen) atoms. The van der Waals surface area contributed by atoms with E-state index in [1.165, 1.54) is 0 Å². The summed E-state index contributed by atoms with van der Waals surface area (Å²) >= 11 is 0. The van der Waals surface area contributed by atoms with Crippen LogP contribution in [0.2, 0.25) is 0 Å². The van der Waals surface area contributed by atoms with Gasteiger partial charge < -0.3 is 14.2 Å². The predicted molar refractivity (Wildman–Crippen MR) is 267 cm³/mol. The second-order valence-corrected chi connectivity index (χ2v) is 17.0. The van der Waals surface area contributed by atoms with E-state index in [1.807, 2.05) is 200 Å². The first-order valence-corrected chi connectivity index (χ1v) is 22.9. The molecule has 0 radical (unpaired) electrons. The first kappa shape index (κ1) is 44.0. The van der Waals surface area contributed by atoms with E-state index in [0.29, 0.717) is 33.8 Å². The summed E-state index contributed by atoms with van der Waals surface area (Å²) in [5.41, 5.74) is 9.33. The number of ether oxygens (including phenoxy) is 3. The van der Waals surface area contributed by atoms with Gasteiger partial charge >= 0.3 is 17.9 Å². The zero-order valence-corrected chi connectivity index (χ0v) is 37.4. The molecule has 0 bridgehead atoms. The van der Waals surface area contributed by atoms with E-state index in [4.69, 9.17) is 29.2 Å². The molecule has 10 rings (SSSR count). The number of pyridine rings is 3. The van der Waals surface area contributed by atoms with E-state index in [1.54, 1.807) is 18.6 Å². The molecule has 9 aromatic rings. The SMILES string of the molecule is O=C(Oc1cnc(-c2ccccc2)cc1-c1ccccc1)C1CC(C(=O)Oc2cnc(-c3ccccc3)cc2-c2ccccc2)CC(C(=O)Oc2cnc(-c3ccccc3)cc2-c2ccccc2)C1. The molecule has 0 N–H and O–H groups in total. The van der Waals surface area contributed by atoms with Crippen LogP contribution in [0.4, 0.5) is 0 Å². The molecule has 3 heterocycles. The summed E-state index contributed by atoms with van der Waals surface area (Å²) in [5.74, 6) is -3.74. The lowest BCUT2D eigenvalue weighted by Gasteiger charge is -2.31. The highest BCUT2D eigenvalue weighted by Crippen LogP contribution is 2.41. The Kier molecular flexibility index (Phi) is 13.0. The van der Waals surface area contributed by atoms with Crippen molar-refractivity contribution >= 4 is 17.9 Å². The minimum absolute atomic E-state index is 0.0659. The van der Waals surface area contributed by atoms with Crippen LogP contribution in [0.15, 0.2) is 219 Å². The van der Waals surface area contributed by atoms with Gasteiger partial charge in [-0.05, 0) is 54.2 Å². The number of hydrogen-bond acceptors (Lipinski definition) is 9. The Balaban J connectivity index is 0.979. The standard InChI is InChI=1S/C60H45N3O6/c64-58(67-55-37-61-52(43-25-13-4-14-26-43)34-49(55)40-19-7-1-8-20-40)46-31-47(59(65)68-56-38-62-53(44-27-15-5-16-28-44)35-50(56)41-21-9-2-10-22-41)33-48(32-46)60(66)69-57-39-63-54(45-29-17-6-18-30-45)36-51(57)42-23-11-3-12-24-42/h1-30,34-39,46-48H,31-33H2. The Morgan fingerprint density at radius 1 is 0.319 bits per heavy atom. The Morgan fingerprint density at radius 2 is 0.536 bits per heavy atom. The average molecular weight is 904 g/mol. The van der Waals surface area contributed by atoms with Crippen molar-refractivity contribution in [2.24, 2.45) is 17.8 Å². The van der Waals surface area contributed by atoms with E-state index < -0.39 is 35.7 Å². The summed E-state index contributed by atoms with van der Waals surface area (Å²) in [6, 6.07) is 63.9. The molecular formula is C60H45N3O6. The number of carbonyl (C=O) groups excluding carboxylic acids is 3. The van der Waals surface area contributed by atoms with Crippen LogP contribution in [0.25, 0.3) is 67.2 Å². The number of rotatable bonds is 12. The maximum Gasteiger partial charge on any atom is 0.314 e. The molecule has 1 aliphatic rings. The second-order valence-electron chi connectivity index (χ2n) is 17.0. The van der Waals surface area contributed by atoms with Crippen LogP contribution in [0.1, 0.15) is 19.3 Å². The van der Waals surface area contributed by atoms with Gasteiger partial charge in [0.05, 0.1) is 53.4 Å². The molecular weight excluding hydrogens is 859 g/mol. The summed E-state index contributed by atoms with van der Waals surface area (Å²) in [6.07, 6.45) is 4.86. The molecule has 6 aromatic carbocycles. The molecule has 336 valence electrons. The van der Waals surface area contributed by atoms with Gasteiger partial charge in [0.1, 0.15) is 0 Å². The van der Waals surface area contributed by atoms with Gasteiger partial charge in [0.25, 0.3) is 0 Å². The highest BCUT2D eigenvalue weighted by atomic mass is 16.5. The fraction of sp³-hybridized carbons (Fsp3) is 0.100. The van der Waals surface area contributed by atoms with E-state index in [-0.39, 0.29) is 36.5 Å². The van der Waals surface area contributed by atoms with Crippen molar-refractivity contribution in [3.63, 3.8) is 0 Å². The number of hydrogen-bond donors (Lipinski definition) is 0. The third kappa shape index (κ3) is 10.1. The Labute approximate surface area is 400 Å². The molecule has 1 fully saturated rings. The average Bonchev–Trinajstić information content (AvgIpc) is 3.42. The number of esters is 3. The van der Waals surface area contributed by atoms with Gasteiger partial charge in [-0.1, -0.05) is 182 Å². The van der Waals surface area contributed by atoms with Gasteiger partial charge in [0, 0.05) is 33.4 Å². The summed E-state index contributed by atoms with van der Waals surface area (Å²) in [7, 11) is 0. The summed E-state index contributed by atoms with van der Waals surface area (Å²) in [5, 5.41) is 0. The normalized spacial score (nSPS) is 15.4. The lowest BCUT2D eigenvalue weighted by Crippen LogP contribution is -2.39. The zero-order chi connectivity index (χ0) is 46.9. The van der Waals surface area contributed by atoms with Crippen molar-refractivity contribution in [3.8, 4) is 84.4 Å². The lowest BCUT2D eigenvalue weighted by atomic mass is 9.75. The first-order valence-electron chi connectivity index (χ1n) is 22.9. The van der Waals surface area contributed by atoms with Gasteiger partial charge in [0.15, 0.2) is 17.2 Å². The summed E-state index contributed by atoms with van der Waals surface area (Å²) in [4.78, 5) is 57.9. The fourth-order valence-electron chi connectivity index (χ4n) is 8.87. The van der Waals surface area contributed by atoms with Crippen LogP contribution < -0.4 is 14.2 Å². The van der Waals surface area contributed by atoms with Crippen LogP contribution in [0.5, 0.6) is 17.2 Å². The number of carbonyl (C=O) groups is 3. The van der Waals surface area contributed by atoms with Gasteiger partial charge in [-0.2, -0.15) is 0 Å². The van der Waals surface area contributed by atoms with Gasteiger partial charge in [-0.3, -0.25) is 29.3 Å². The molecule has 0 spiro atoms. The highest BCUT2D eigenvalue weighted by molar-refractivity contribution is 5.87. The van der Waals surface area contributed by atoms with Crippen LogP contribution in [-0.4, -0.2) is 32.9 Å². The van der Waals surface area contributed by atoms with E-state index in [0.717, 1.165) is 33.4 Å². The van der Waals surface area contributed by atoms with Crippen molar-refractivity contribution in [2.75, 3.05) is 0 Å². The van der Waals surface area contributed by atoms with E-state index in [2.05, 4.69) is 0 Å². The molecule has 0 amide bonds. The lowest BCUT2D eigenvalue weighted by molar-refractivity contribution is -0.150. The molecule has 0 saturated heterocycles. The molecule has 1 saturated carbocycles. The molecule has 9 heteroatoms. The van der Waals surface area contributed by atoms with Crippen molar-refractivity contribution in [1.82, 2.24) is 15.0 Å². The fourth-order valence-corrected chi connectivity index (χ4v) is 8.87. The number of benzene rings is 6. The Bertz CT molecular complexity index is 2870. The van der Waals surface area contributed by atoms with Crippen molar-refractivity contribution in [1.29, 1.82) is 0 Å². The molecule has 3 aromatic heterocycles. The number of aromatic nitrogens is 3. The number of nitrogens with zero attached hydrogens (tertiary/aromatic N) is 3. The molecule has 0 unspecified atom stereocenters. The monoisotopic (exact) mass is 903 g/mol. The van der Waals surface area contributed by atoms with Gasteiger partial charge in [-0.25, -0.2) is 0 Å². The van der Waals surface area contributed by atoms with E-state index >= 15 is 0 Å². The topological polar surface area (TPSA) is 118 Å². The van der Waals surface area contributed by atoms with Crippen LogP contribution in [-0.2, 0) is 14.4 Å². The third-order valence-electron chi connectivity index (χ3n) is 12.4. The Morgan fingerprint density at radius 3 is 0.768 bits per heavy atom. The van der Waals surface area contributed by atoms with E-state index in [9.17, 15) is 14.4 Å². The quantitative estimate of drug-likeness (QED) is 0.110. The first-order chi connectivity index (χ1) is 33.9. The Hall–Kier alpha value is -8.82. The zero-order valence-electron chi connectivity index (χ0n) is 37.4. The molecule has 1 aliphatic carbocycles.